The maximum absolute atomic E-state index is 12.7. The third-order valence-corrected chi connectivity index (χ3v) is 6.40. The number of nitrogens with zero attached hydrogens (tertiary/aromatic N) is 6. The number of carbonyl (C=O) groups excluding carboxylic acids is 1. The van der Waals surface area contributed by atoms with Crippen molar-refractivity contribution in [1.29, 1.82) is 0 Å². The van der Waals surface area contributed by atoms with E-state index in [0.29, 0.717) is 18.2 Å². The smallest absolute Gasteiger partial charge is 0.270 e. The van der Waals surface area contributed by atoms with Crippen LogP contribution in [0.25, 0.3) is 21.5 Å². The lowest BCUT2D eigenvalue weighted by molar-refractivity contribution is 0.0935. The van der Waals surface area contributed by atoms with Crippen LogP contribution in [0.2, 0.25) is 0 Å². The predicted octanol–water partition coefficient (Wildman–Crippen LogP) is 3.17. The molecule has 4 aromatic rings. The molecule has 1 amide bonds. The Bertz CT molecular complexity index is 1270. The summed E-state index contributed by atoms with van der Waals surface area (Å²) < 4.78 is 0. The number of aromatic nitrogens is 5. The zero-order valence-electron chi connectivity index (χ0n) is 17.2. The fourth-order valence-corrected chi connectivity index (χ4v) is 4.70. The summed E-state index contributed by atoms with van der Waals surface area (Å²) in [6.45, 7) is 5.44. The molecular formula is C22H21N7OS. The first-order valence-electron chi connectivity index (χ1n) is 10.1. The number of rotatable bonds is 4. The fourth-order valence-electron chi connectivity index (χ4n) is 3.81. The topological polar surface area (TPSA) is 96.8 Å². The number of hydrogen-bond donors (Lipinski definition) is 1. The molecule has 0 aromatic carbocycles. The molecule has 156 valence electrons. The zero-order valence-corrected chi connectivity index (χ0v) is 18.1. The monoisotopic (exact) mass is 431 g/mol. The van der Waals surface area contributed by atoms with Crippen LogP contribution in [0, 0.1) is 13.8 Å². The highest BCUT2D eigenvalue weighted by Gasteiger charge is 2.26. The molecule has 0 spiro atoms. The van der Waals surface area contributed by atoms with Gasteiger partial charge in [-0.25, -0.2) is 19.9 Å². The van der Waals surface area contributed by atoms with Gasteiger partial charge in [-0.15, -0.1) is 11.3 Å². The summed E-state index contributed by atoms with van der Waals surface area (Å²) in [6, 6.07) is 7.34. The molecule has 1 saturated heterocycles. The van der Waals surface area contributed by atoms with Crippen molar-refractivity contribution in [2.45, 2.75) is 26.3 Å². The van der Waals surface area contributed by atoms with Crippen LogP contribution >= 0.6 is 11.3 Å². The molecule has 5 rings (SSSR count). The molecule has 1 N–H and O–H groups in total. The molecule has 5 heterocycles. The van der Waals surface area contributed by atoms with Crippen molar-refractivity contribution in [3.05, 3.63) is 59.3 Å². The molecule has 1 aliphatic rings. The highest BCUT2D eigenvalue weighted by Crippen LogP contribution is 2.29. The average molecular weight is 432 g/mol. The van der Waals surface area contributed by atoms with Crippen LogP contribution in [-0.4, -0.2) is 50.0 Å². The molecule has 8 nitrogen and oxygen atoms in total. The van der Waals surface area contributed by atoms with Gasteiger partial charge in [0, 0.05) is 43.1 Å². The number of carbonyl (C=O) groups is 1. The lowest BCUT2D eigenvalue weighted by Crippen LogP contribution is -2.37. The number of hydrogen-bond acceptors (Lipinski definition) is 8. The first-order chi connectivity index (χ1) is 15.1. The van der Waals surface area contributed by atoms with Gasteiger partial charge in [-0.3, -0.25) is 9.78 Å². The standard InChI is InChI=1S/C22H21N7OS/c1-13-20(31-14(2)25-13)18-6-9-24-22(28-18)29-10-7-16(12-29)26-21(30)19-4-3-15-11-23-8-5-17(15)27-19/h3-6,8-9,11,16H,7,10,12H2,1-2H3,(H,26,30). The zero-order chi connectivity index (χ0) is 21.4. The number of pyridine rings is 2. The second-order valence-electron chi connectivity index (χ2n) is 7.56. The van der Waals surface area contributed by atoms with E-state index >= 15 is 0 Å². The van der Waals surface area contributed by atoms with Crippen molar-refractivity contribution in [3.63, 3.8) is 0 Å². The summed E-state index contributed by atoms with van der Waals surface area (Å²) >= 11 is 1.64. The number of amides is 1. The van der Waals surface area contributed by atoms with Gasteiger partial charge in [0.2, 0.25) is 5.95 Å². The minimum absolute atomic E-state index is 0.0158. The number of anilines is 1. The van der Waals surface area contributed by atoms with Crippen molar-refractivity contribution in [2.75, 3.05) is 18.0 Å². The molecule has 0 saturated carbocycles. The van der Waals surface area contributed by atoms with E-state index in [1.165, 1.54) is 0 Å². The lowest BCUT2D eigenvalue weighted by atomic mass is 10.2. The summed E-state index contributed by atoms with van der Waals surface area (Å²) in [7, 11) is 0. The van der Waals surface area contributed by atoms with Gasteiger partial charge in [0.15, 0.2) is 0 Å². The van der Waals surface area contributed by atoms with E-state index in [2.05, 4.69) is 30.2 Å². The Kier molecular flexibility index (Phi) is 5.03. The van der Waals surface area contributed by atoms with Crippen molar-refractivity contribution in [1.82, 2.24) is 30.2 Å². The van der Waals surface area contributed by atoms with E-state index in [0.717, 1.165) is 45.1 Å². The average Bonchev–Trinajstić information content (AvgIpc) is 3.39. The third kappa shape index (κ3) is 3.96. The first kappa shape index (κ1) is 19.5. The van der Waals surface area contributed by atoms with Gasteiger partial charge >= 0.3 is 0 Å². The van der Waals surface area contributed by atoms with E-state index in [4.69, 9.17) is 4.98 Å². The maximum atomic E-state index is 12.7. The van der Waals surface area contributed by atoms with Gasteiger partial charge in [0.05, 0.1) is 26.8 Å². The molecule has 1 aliphatic heterocycles. The quantitative estimate of drug-likeness (QED) is 0.530. The third-order valence-electron chi connectivity index (χ3n) is 5.31. The van der Waals surface area contributed by atoms with Gasteiger partial charge < -0.3 is 10.2 Å². The molecule has 4 aromatic heterocycles. The van der Waals surface area contributed by atoms with Crippen LogP contribution in [0.4, 0.5) is 5.95 Å². The second-order valence-corrected chi connectivity index (χ2v) is 8.76. The molecule has 0 aliphatic carbocycles. The number of fused-ring (bicyclic) bond motifs is 1. The molecule has 1 fully saturated rings. The van der Waals surface area contributed by atoms with E-state index in [1.54, 1.807) is 42.1 Å². The van der Waals surface area contributed by atoms with Crippen LogP contribution in [0.3, 0.4) is 0 Å². The van der Waals surface area contributed by atoms with Gasteiger partial charge in [0.25, 0.3) is 5.91 Å². The van der Waals surface area contributed by atoms with E-state index in [1.807, 2.05) is 26.0 Å². The molecule has 31 heavy (non-hydrogen) atoms. The lowest BCUT2D eigenvalue weighted by Gasteiger charge is -2.17. The molecular weight excluding hydrogens is 410 g/mol. The van der Waals surface area contributed by atoms with Crippen LogP contribution < -0.4 is 10.2 Å². The SMILES string of the molecule is Cc1nc(C)c(-c2ccnc(N3CCC(NC(=O)c4ccc5cnccc5n4)C3)n2)s1. The van der Waals surface area contributed by atoms with Gasteiger partial charge in [-0.2, -0.15) is 0 Å². The summed E-state index contributed by atoms with van der Waals surface area (Å²) in [5.41, 5.74) is 3.04. The summed E-state index contributed by atoms with van der Waals surface area (Å²) in [6.07, 6.45) is 6.03. The molecule has 0 bridgehead atoms. The molecule has 1 unspecified atom stereocenters. The van der Waals surface area contributed by atoms with Gasteiger partial charge in [-0.1, -0.05) is 0 Å². The van der Waals surface area contributed by atoms with Crippen molar-refractivity contribution >= 4 is 34.1 Å². The summed E-state index contributed by atoms with van der Waals surface area (Å²) in [5.74, 6) is 0.507. The van der Waals surface area contributed by atoms with Crippen molar-refractivity contribution in [3.8, 4) is 10.6 Å². The highest BCUT2D eigenvalue weighted by molar-refractivity contribution is 7.15. The maximum Gasteiger partial charge on any atom is 0.270 e. The predicted molar refractivity (Wildman–Crippen MR) is 120 cm³/mol. The Morgan fingerprint density at radius 3 is 2.87 bits per heavy atom. The van der Waals surface area contributed by atoms with E-state index < -0.39 is 0 Å². The second kappa shape index (κ2) is 7.99. The Hall–Kier alpha value is -3.46. The first-order valence-corrected chi connectivity index (χ1v) is 10.9. The largest absolute Gasteiger partial charge is 0.346 e. The number of thiazole rings is 1. The minimum atomic E-state index is -0.170. The normalized spacial score (nSPS) is 16.1. The Morgan fingerprint density at radius 2 is 2.03 bits per heavy atom. The molecule has 0 radical (unpaired) electrons. The Balaban J connectivity index is 1.28. The fraction of sp³-hybridized carbons (Fsp3) is 0.273. The van der Waals surface area contributed by atoms with Crippen LogP contribution in [0.15, 0.2) is 42.9 Å². The minimum Gasteiger partial charge on any atom is -0.346 e. The molecule has 1 atom stereocenters. The van der Waals surface area contributed by atoms with Crippen molar-refractivity contribution in [2.24, 2.45) is 0 Å². The summed E-state index contributed by atoms with van der Waals surface area (Å²) in [5, 5.41) is 5.03. The number of aryl methyl sites for hydroxylation is 2. The Labute approximate surface area is 183 Å². The van der Waals surface area contributed by atoms with Crippen molar-refractivity contribution < 1.29 is 4.79 Å². The number of nitrogens with one attached hydrogen (secondary N) is 1. The van der Waals surface area contributed by atoms with Gasteiger partial charge in [-0.05, 0) is 44.5 Å². The summed E-state index contributed by atoms with van der Waals surface area (Å²) in [4.78, 5) is 38.1. The van der Waals surface area contributed by atoms with Crippen LogP contribution in [-0.2, 0) is 0 Å². The van der Waals surface area contributed by atoms with E-state index in [-0.39, 0.29) is 11.9 Å². The molecule has 9 heteroatoms. The van der Waals surface area contributed by atoms with Crippen LogP contribution in [0.5, 0.6) is 0 Å². The Morgan fingerprint density at radius 1 is 1.13 bits per heavy atom. The van der Waals surface area contributed by atoms with Gasteiger partial charge in [0.1, 0.15) is 5.69 Å². The van der Waals surface area contributed by atoms with Crippen LogP contribution in [0.1, 0.15) is 27.6 Å². The highest BCUT2D eigenvalue weighted by atomic mass is 32.1. The van der Waals surface area contributed by atoms with E-state index in [9.17, 15) is 4.79 Å².